The van der Waals surface area contributed by atoms with E-state index in [1.807, 2.05) is 0 Å². The average Bonchev–Trinajstić information content (AvgIpc) is 1.61. The zero-order chi connectivity index (χ0) is 6.57. The molecule has 0 unspecified atom stereocenters. The van der Waals surface area contributed by atoms with Crippen LogP contribution in [0.4, 0.5) is 0 Å². The van der Waals surface area contributed by atoms with Gasteiger partial charge in [-0.3, -0.25) is 0 Å². The first kappa shape index (κ1) is 7.50. The lowest BCUT2D eigenvalue weighted by Crippen LogP contribution is -1.65. The Morgan fingerprint density at radius 3 is 1.12 bits per heavy atom. The number of rotatable bonds is 2. The van der Waals surface area contributed by atoms with Crippen LogP contribution in [0.15, 0.2) is 9.04 Å². The highest BCUT2D eigenvalue weighted by Gasteiger charge is 1.72. The summed E-state index contributed by atoms with van der Waals surface area (Å²) in [4.78, 5) is 0. The van der Waals surface area contributed by atoms with E-state index in [2.05, 4.69) is 9.04 Å². The van der Waals surface area contributed by atoms with Gasteiger partial charge in [0.2, 0.25) is 0 Å². The summed E-state index contributed by atoms with van der Waals surface area (Å²) >= 11 is 0. The second-order valence-corrected chi connectivity index (χ2v) is 1.96. The van der Waals surface area contributed by atoms with Crippen molar-refractivity contribution in [3.05, 3.63) is 0 Å². The predicted octanol–water partition coefficient (Wildman–Crippen LogP) is -1.51. The normalized spacial score (nSPS) is 11.8. The van der Waals surface area contributed by atoms with Gasteiger partial charge in [-0.15, -0.1) is 0 Å². The van der Waals surface area contributed by atoms with Gasteiger partial charge in [0.25, 0.3) is 21.8 Å². The number of hydrogen-bond acceptors (Lipinski definition) is 4. The number of nitrogens with zero attached hydrogens (tertiary/aromatic N) is 2. The molecule has 0 aromatic heterocycles. The molecule has 0 aromatic rings. The van der Waals surface area contributed by atoms with Gasteiger partial charge in [-0.2, -0.15) is 0 Å². The van der Waals surface area contributed by atoms with Crippen LogP contribution < -0.4 is 0 Å². The molecule has 0 aromatic carbocycles. The molecular weight excluding hydrogens is 156 g/mol. The fraction of sp³-hybridized carbons (Fsp3) is 0. The molecular formula is H2N2O4S2. The van der Waals surface area contributed by atoms with E-state index in [0.717, 1.165) is 0 Å². The minimum absolute atomic E-state index is 2.31. The molecule has 8 heavy (non-hydrogen) atoms. The third kappa shape index (κ3) is 5.50. The lowest BCUT2D eigenvalue weighted by atomic mass is 13.2. The fourth-order valence-corrected chi connectivity index (χ4v) is 0.588. The topological polar surface area (TPSA) is 93.0 Å². The van der Waals surface area contributed by atoms with Gasteiger partial charge in [0.1, 0.15) is 0 Å². The van der Waals surface area contributed by atoms with Crippen molar-refractivity contribution in [1.82, 2.24) is 0 Å². The van der Waals surface area contributed by atoms with Crippen LogP contribution in [-0.4, -0.2) is 16.8 Å². The molecule has 6 nitrogen and oxygen atoms in total. The van der Waals surface area contributed by atoms with Crippen molar-refractivity contribution < 1.29 is 16.8 Å². The Morgan fingerprint density at radius 1 is 0.750 bits per heavy atom. The van der Waals surface area contributed by atoms with Gasteiger partial charge < -0.3 is 0 Å². The Morgan fingerprint density at radius 2 is 1.00 bits per heavy atom. The van der Waals surface area contributed by atoms with Crippen molar-refractivity contribution in [1.29, 1.82) is 0 Å². The van der Waals surface area contributed by atoms with E-state index in [1.54, 1.807) is 0 Å². The summed E-state index contributed by atoms with van der Waals surface area (Å²) in [5, 5.41) is 0. The Hall–Kier alpha value is -0.500. The van der Waals surface area contributed by atoms with Crippen LogP contribution in [0.1, 0.15) is 0 Å². The van der Waals surface area contributed by atoms with Crippen molar-refractivity contribution in [3.8, 4) is 0 Å². The SMILES string of the molecule is O=[SH](=O)N=N[SH](=O)=O. The summed E-state index contributed by atoms with van der Waals surface area (Å²) in [6, 6.07) is 0. The van der Waals surface area contributed by atoms with Crippen molar-refractivity contribution in [2.45, 2.75) is 0 Å². The largest absolute Gasteiger partial charge is 0.261 e. The van der Waals surface area contributed by atoms with Crippen molar-refractivity contribution in [2.75, 3.05) is 0 Å². The third-order valence-corrected chi connectivity index (χ3v) is 0.798. The Balaban J connectivity index is 4.07. The first-order valence-corrected chi connectivity index (χ1v) is 3.59. The highest BCUT2D eigenvalue weighted by Crippen LogP contribution is 1.71. The predicted molar refractivity (Wildman–Crippen MR) is 25.5 cm³/mol. The Bertz CT molecular complexity index is 180. The molecule has 0 N–H and O–H groups in total. The molecule has 0 saturated carbocycles. The van der Waals surface area contributed by atoms with Crippen molar-refractivity contribution in [3.63, 3.8) is 0 Å². The summed E-state index contributed by atoms with van der Waals surface area (Å²) < 4.78 is 42.3. The van der Waals surface area contributed by atoms with Crippen LogP contribution in [-0.2, 0) is 21.8 Å². The van der Waals surface area contributed by atoms with Gasteiger partial charge >= 0.3 is 0 Å². The van der Waals surface area contributed by atoms with Crippen LogP contribution in [0.25, 0.3) is 0 Å². The molecule has 0 aliphatic carbocycles. The maximum atomic E-state index is 9.41. The Kier molecular flexibility index (Phi) is 3.28. The van der Waals surface area contributed by atoms with E-state index in [4.69, 9.17) is 0 Å². The first-order chi connectivity index (χ1) is 3.63. The highest BCUT2D eigenvalue weighted by atomic mass is 32.2. The summed E-state index contributed by atoms with van der Waals surface area (Å²) in [5.74, 6) is 0. The van der Waals surface area contributed by atoms with Gasteiger partial charge in [0, 0.05) is 0 Å². The van der Waals surface area contributed by atoms with E-state index in [0.29, 0.717) is 0 Å². The van der Waals surface area contributed by atoms with Gasteiger partial charge in [-0.25, -0.2) is 16.8 Å². The van der Waals surface area contributed by atoms with Gasteiger partial charge in [-0.1, -0.05) is 0 Å². The van der Waals surface area contributed by atoms with Gasteiger partial charge in [-0.05, 0) is 9.04 Å². The van der Waals surface area contributed by atoms with E-state index in [1.165, 1.54) is 0 Å². The molecule has 0 heterocycles. The molecule has 8 heteroatoms. The maximum Gasteiger partial charge on any atom is 0.261 e. The van der Waals surface area contributed by atoms with E-state index in [9.17, 15) is 16.8 Å². The molecule has 48 valence electrons. The summed E-state index contributed by atoms with van der Waals surface area (Å²) in [7, 11) is -6.12. The van der Waals surface area contributed by atoms with Gasteiger partial charge in [0.15, 0.2) is 0 Å². The van der Waals surface area contributed by atoms with Crippen LogP contribution in [0.2, 0.25) is 0 Å². The van der Waals surface area contributed by atoms with Crippen molar-refractivity contribution in [2.24, 2.45) is 9.04 Å². The lowest BCUT2D eigenvalue weighted by molar-refractivity contribution is 0.606. The summed E-state index contributed by atoms with van der Waals surface area (Å²) in [6.45, 7) is 0. The molecule has 0 spiro atoms. The zero-order valence-corrected chi connectivity index (χ0v) is 5.21. The van der Waals surface area contributed by atoms with Crippen LogP contribution in [0, 0.1) is 0 Å². The quantitative estimate of drug-likeness (QED) is 0.377. The molecule has 0 bridgehead atoms. The molecule has 0 aliphatic heterocycles. The standard InChI is InChI=1S/H2N2O4S2/c3-7(4)1-2-8(5)6/h7-8H. The molecule has 0 fully saturated rings. The number of hydrogen-bond donors (Lipinski definition) is 2. The van der Waals surface area contributed by atoms with E-state index >= 15 is 0 Å². The number of thiol groups is 2. The average molecular weight is 158 g/mol. The van der Waals surface area contributed by atoms with Crippen LogP contribution in [0.3, 0.4) is 0 Å². The highest BCUT2D eigenvalue weighted by molar-refractivity contribution is 7.73. The molecule has 0 atom stereocenters. The lowest BCUT2D eigenvalue weighted by Gasteiger charge is -1.61. The molecule has 0 aliphatic rings. The summed E-state index contributed by atoms with van der Waals surface area (Å²) in [5.41, 5.74) is 0. The maximum absolute atomic E-state index is 9.41. The fourth-order valence-electron chi connectivity index (χ4n) is 0.0653. The minimum atomic E-state index is -3.06. The zero-order valence-electron chi connectivity index (χ0n) is 3.42. The van der Waals surface area contributed by atoms with E-state index < -0.39 is 21.8 Å². The Labute approximate surface area is 48.4 Å². The summed E-state index contributed by atoms with van der Waals surface area (Å²) in [6.07, 6.45) is 0. The van der Waals surface area contributed by atoms with Crippen LogP contribution >= 0.6 is 0 Å². The molecule has 0 radical (unpaired) electrons. The van der Waals surface area contributed by atoms with Crippen molar-refractivity contribution >= 4 is 21.8 Å². The first-order valence-electron chi connectivity index (χ1n) is 1.33. The molecule has 0 amide bonds. The molecule has 0 saturated heterocycles. The third-order valence-electron chi connectivity index (χ3n) is 0.186. The smallest absolute Gasteiger partial charge is 0.206 e. The van der Waals surface area contributed by atoms with E-state index in [-0.39, 0.29) is 0 Å². The second kappa shape index (κ2) is 3.50. The van der Waals surface area contributed by atoms with Gasteiger partial charge in [0.05, 0.1) is 0 Å². The van der Waals surface area contributed by atoms with Crippen LogP contribution in [0.5, 0.6) is 0 Å². The minimum Gasteiger partial charge on any atom is -0.206 e. The second-order valence-electron chi connectivity index (χ2n) is 0.655. The monoisotopic (exact) mass is 158 g/mol. The molecule has 0 rings (SSSR count).